The smallest absolute Gasteiger partial charge is 0.123 e. The van der Waals surface area contributed by atoms with Gasteiger partial charge in [-0.1, -0.05) is 79.2 Å². The van der Waals surface area contributed by atoms with Crippen LogP contribution in [0, 0.1) is 5.82 Å². The van der Waals surface area contributed by atoms with Gasteiger partial charge in [-0.25, -0.2) is 4.39 Å². The van der Waals surface area contributed by atoms with E-state index in [9.17, 15) is 4.39 Å². The maximum Gasteiger partial charge on any atom is 0.123 e. The number of anilines is 1. The fraction of sp³-hybridized carbons (Fsp3) is 0.297. The van der Waals surface area contributed by atoms with Gasteiger partial charge in [-0.3, -0.25) is 4.90 Å². The van der Waals surface area contributed by atoms with E-state index in [0.29, 0.717) is 6.61 Å². The minimum Gasteiger partial charge on any atom is -0.489 e. The number of ether oxygens (including phenoxy) is 1. The van der Waals surface area contributed by atoms with E-state index in [-0.39, 0.29) is 11.9 Å². The van der Waals surface area contributed by atoms with E-state index in [1.54, 1.807) is 12.1 Å². The number of fused-ring (bicyclic) bond motifs is 1. The molecule has 0 aliphatic carbocycles. The molecule has 2 aliphatic rings. The van der Waals surface area contributed by atoms with Gasteiger partial charge in [0.05, 0.1) is 6.04 Å². The van der Waals surface area contributed by atoms with Crippen LogP contribution in [0.1, 0.15) is 53.1 Å². The molecule has 0 N–H and O–H groups in total. The first-order valence-corrected chi connectivity index (χ1v) is 15.0. The number of hydrogen-bond donors (Lipinski definition) is 0. The highest BCUT2D eigenvalue weighted by Gasteiger charge is 2.28. The van der Waals surface area contributed by atoms with Gasteiger partial charge in [0.15, 0.2) is 0 Å². The quantitative estimate of drug-likeness (QED) is 0.210. The predicted octanol–water partition coefficient (Wildman–Crippen LogP) is 8.25. The third kappa shape index (κ3) is 7.07. The molecule has 0 bridgehead atoms. The summed E-state index contributed by atoms with van der Waals surface area (Å²) in [4.78, 5) is 4.97. The molecule has 41 heavy (non-hydrogen) atoms. The third-order valence-corrected chi connectivity index (χ3v) is 8.41. The normalized spacial score (nSPS) is 17.5. The maximum absolute atomic E-state index is 13.8. The average Bonchev–Trinajstić information content (AvgIpc) is 3.02. The van der Waals surface area contributed by atoms with E-state index in [1.807, 2.05) is 30.3 Å². The minimum atomic E-state index is -0.202. The summed E-state index contributed by atoms with van der Waals surface area (Å²) < 4.78 is 19.9. The highest BCUT2D eigenvalue weighted by molar-refractivity contribution is 5.54. The second-order valence-electron chi connectivity index (χ2n) is 11.3. The summed E-state index contributed by atoms with van der Waals surface area (Å²) in [5.74, 6) is 0.703. The zero-order chi connectivity index (χ0) is 27.9. The molecule has 0 saturated carbocycles. The Labute approximate surface area is 243 Å². The lowest BCUT2D eigenvalue weighted by atomic mass is 9.88. The lowest BCUT2D eigenvalue weighted by Crippen LogP contribution is -2.36. The first-order valence-electron chi connectivity index (χ1n) is 15.0. The van der Waals surface area contributed by atoms with Crippen LogP contribution in [0.2, 0.25) is 0 Å². The van der Waals surface area contributed by atoms with Crippen molar-refractivity contribution in [2.75, 3.05) is 31.1 Å². The van der Waals surface area contributed by atoms with Gasteiger partial charge >= 0.3 is 0 Å². The first kappa shape index (κ1) is 27.3. The van der Waals surface area contributed by atoms with Crippen LogP contribution in [0.25, 0.3) is 6.08 Å². The van der Waals surface area contributed by atoms with Gasteiger partial charge in [-0.05, 0) is 103 Å². The molecule has 2 aliphatic heterocycles. The largest absolute Gasteiger partial charge is 0.489 e. The number of piperidine rings is 1. The van der Waals surface area contributed by atoms with Gasteiger partial charge in [-0.15, -0.1) is 0 Å². The molecule has 1 atom stereocenters. The van der Waals surface area contributed by atoms with Gasteiger partial charge in [0.2, 0.25) is 0 Å². The van der Waals surface area contributed by atoms with Crippen LogP contribution >= 0.6 is 0 Å². The van der Waals surface area contributed by atoms with E-state index in [0.717, 1.165) is 42.9 Å². The van der Waals surface area contributed by atoms with Gasteiger partial charge in [0, 0.05) is 18.8 Å². The van der Waals surface area contributed by atoms with Crippen molar-refractivity contribution in [3.05, 3.63) is 137 Å². The molecule has 2 heterocycles. The fourth-order valence-electron chi connectivity index (χ4n) is 6.15. The average molecular weight is 547 g/mol. The Morgan fingerprint density at radius 3 is 2.34 bits per heavy atom. The van der Waals surface area contributed by atoms with Crippen molar-refractivity contribution >= 4 is 11.8 Å². The summed E-state index contributed by atoms with van der Waals surface area (Å²) in [6.07, 6.45) is 10.4. The molecule has 1 saturated heterocycles. The summed E-state index contributed by atoms with van der Waals surface area (Å²) >= 11 is 0. The molecule has 6 rings (SSSR count). The molecule has 0 spiro atoms. The number of halogens is 1. The Morgan fingerprint density at radius 2 is 1.56 bits per heavy atom. The van der Waals surface area contributed by atoms with E-state index in [2.05, 4.69) is 76.5 Å². The van der Waals surface area contributed by atoms with E-state index >= 15 is 0 Å². The number of rotatable bonds is 9. The highest BCUT2D eigenvalue weighted by Crippen LogP contribution is 2.37. The van der Waals surface area contributed by atoms with Crippen molar-refractivity contribution in [2.45, 2.75) is 44.8 Å². The zero-order valence-electron chi connectivity index (χ0n) is 23.7. The van der Waals surface area contributed by atoms with Crippen LogP contribution in [0.4, 0.5) is 10.1 Å². The second kappa shape index (κ2) is 13.2. The molecule has 1 fully saturated rings. The Kier molecular flexibility index (Phi) is 8.77. The molecule has 0 radical (unpaired) electrons. The zero-order valence-corrected chi connectivity index (χ0v) is 23.7. The van der Waals surface area contributed by atoms with Crippen molar-refractivity contribution in [3.8, 4) is 5.75 Å². The van der Waals surface area contributed by atoms with Gasteiger partial charge in [0.1, 0.15) is 18.2 Å². The predicted molar refractivity (Wildman–Crippen MR) is 167 cm³/mol. The molecular weight excluding hydrogens is 507 g/mol. The Morgan fingerprint density at radius 1 is 0.780 bits per heavy atom. The highest BCUT2D eigenvalue weighted by atomic mass is 19.1. The molecule has 4 heteroatoms. The van der Waals surface area contributed by atoms with Crippen LogP contribution in [0.15, 0.2) is 103 Å². The van der Waals surface area contributed by atoms with Crippen molar-refractivity contribution < 1.29 is 9.13 Å². The molecule has 4 aromatic rings. The van der Waals surface area contributed by atoms with Crippen LogP contribution in [0.3, 0.4) is 0 Å². The first-order chi connectivity index (χ1) is 20.2. The topological polar surface area (TPSA) is 15.7 Å². The molecule has 0 aromatic heterocycles. The van der Waals surface area contributed by atoms with Crippen molar-refractivity contribution in [3.63, 3.8) is 0 Å². The van der Waals surface area contributed by atoms with Crippen LogP contribution in [0.5, 0.6) is 5.75 Å². The van der Waals surface area contributed by atoms with Gasteiger partial charge < -0.3 is 9.64 Å². The Hall–Kier alpha value is -3.89. The molecule has 3 nitrogen and oxygen atoms in total. The second-order valence-corrected chi connectivity index (χ2v) is 11.3. The Bertz CT molecular complexity index is 1430. The van der Waals surface area contributed by atoms with Crippen molar-refractivity contribution in [1.82, 2.24) is 4.90 Å². The third-order valence-electron chi connectivity index (χ3n) is 8.41. The molecule has 210 valence electrons. The summed E-state index contributed by atoms with van der Waals surface area (Å²) in [5.41, 5.74) is 7.41. The maximum atomic E-state index is 13.8. The SMILES string of the molecule is Fc1ccc(N2CCc3cc(OCc4ccccc4)ccc3C2Cc2ccc(C=CCN3CCCCC3)cc2)cc1. The van der Waals surface area contributed by atoms with Gasteiger partial charge in [-0.2, -0.15) is 0 Å². The van der Waals surface area contributed by atoms with Crippen LogP contribution in [-0.2, 0) is 19.4 Å². The summed E-state index contributed by atoms with van der Waals surface area (Å²) in [5, 5.41) is 0. The number of likely N-dealkylation sites (tertiary alicyclic amines) is 1. The number of nitrogens with zero attached hydrogens (tertiary/aromatic N) is 2. The molecule has 4 aromatic carbocycles. The van der Waals surface area contributed by atoms with E-state index in [4.69, 9.17) is 4.74 Å². The lowest BCUT2D eigenvalue weighted by Gasteiger charge is -2.39. The minimum absolute atomic E-state index is 0.160. The summed E-state index contributed by atoms with van der Waals surface area (Å²) in [6, 6.07) is 32.9. The van der Waals surface area contributed by atoms with Crippen molar-refractivity contribution in [1.29, 1.82) is 0 Å². The fourth-order valence-corrected chi connectivity index (χ4v) is 6.15. The van der Waals surface area contributed by atoms with Crippen LogP contribution in [-0.4, -0.2) is 31.1 Å². The molecule has 1 unspecified atom stereocenters. The standard InChI is InChI=1S/C37H39FN2O/c38-33-15-17-34(18-16-33)40-25-21-32-27-35(41-28-31-8-3-1-4-9-31)19-20-36(32)37(40)26-30-13-11-29(12-14-30)10-7-24-39-22-5-2-6-23-39/h1,3-4,7-20,27,37H,2,5-6,21-26,28H2. The van der Waals surface area contributed by atoms with E-state index < -0.39 is 0 Å². The molecular formula is C37H39FN2O. The van der Waals surface area contributed by atoms with Gasteiger partial charge in [0.25, 0.3) is 0 Å². The van der Waals surface area contributed by atoms with Crippen LogP contribution < -0.4 is 9.64 Å². The van der Waals surface area contributed by atoms with E-state index in [1.165, 1.54) is 54.6 Å². The number of benzene rings is 4. The number of hydrogen-bond acceptors (Lipinski definition) is 3. The monoisotopic (exact) mass is 546 g/mol. The summed E-state index contributed by atoms with van der Waals surface area (Å²) in [7, 11) is 0. The summed E-state index contributed by atoms with van der Waals surface area (Å²) in [6.45, 7) is 4.91. The Balaban J connectivity index is 1.19. The van der Waals surface area contributed by atoms with Crippen molar-refractivity contribution in [2.24, 2.45) is 0 Å². The lowest BCUT2D eigenvalue weighted by molar-refractivity contribution is 0.252. The molecule has 0 amide bonds.